The van der Waals surface area contributed by atoms with Crippen molar-refractivity contribution in [1.82, 2.24) is 4.90 Å². The van der Waals surface area contributed by atoms with E-state index in [1.807, 2.05) is 61.5 Å². The monoisotopic (exact) mass is 579 g/mol. The Bertz CT molecular complexity index is 818. The fraction of sp³-hybridized carbons (Fsp3) is 0.706. The number of benzene rings is 1. The van der Waals surface area contributed by atoms with E-state index in [-0.39, 0.29) is 37.8 Å². The highest BCUT2D eigenvalue weighted by Gasteiger charge is 2.31. The van der Waals surface area contributed by atoms with Gasteiger partial charge < -0.3 is 24.2 Å². The van der Waals surface area contributed by atoms with Crippen molar-refractivity contribution in [1.29, 1.82) is 0 Å². The molecule has 1 aromatic carbocycles. The van der Waals surface area contributed by atoms with Gasteiger partial charge in [0.2, 0.25) is 0 Å². The van der Waals surface area contributed by atoms with E-state index in [2.05, 4.69) is 25.3 Å². The van der Waals surface area contributed by atoms with Crippen molar-refractivity contribution in [3.63, 3.8) is 0 Å². The van der Waals surface area contributed by atoms with Crippen molar-refractivity contribution >= 4 is 11.9 Å². The maximum Gasteiger partial charge on any atom is 0.338 e. The molecule has 0 aliphatic rings. The van der Waals surface area contributed by atoms with Crippen molar-refractivity contribution in [2.24, 2.45) is 16.7 Å². The van der Waals surface area contributed by atoms with Crippen LogP contribution in [0, 0.1) is 16.7 Å². The molecule has 7 nitrogen and oxygen atoms in total. The van der Waals surface area contributed by atoms with Gasteiger partial charge in [-0.2, -0.15) is 0 Å². The molecule has 1 atom stereocenters. The SMILES string of the molecule is C=C(CCN(CCCCO)CC(C)C)OCC(C)(COC(=O)CC(C)(C)C)COC(=O)c1ccccc1.CC.CC. The molecular formula is C34H61NO6. The molecule has 0 saturated carbocycles. The summed E-state index contributed by atoms with van der Waals surface area (Å²) in [7, 11) is 0. The Morgan fingerprint density at radius 3 is 1.98 bits per heavy atom. The number of carbonyl (C=O) groups excluding carboxylic acids is 2. The van der Waals surface area contributed by atoms with E-state index in [1.54, 1.807) is 24.3 Å². The van der Waals surface area contributed by atoms with Gasteiger partial charge in [-0.05, 0) is 49.8 Å². The molecule has 7 heteroatoms. The second kappa shape index (κ2) is 23.2. The van der Waals surface area contributed by atoms with Crippen LogP contribution in [-0.4, -0.2) is 68.0 Å². The summed E-state index contributed by atoms with van der Waals surface area (Å²) in [4.78, 5) is 27.3. The molecule has 0 fully saturated rings. The van der Waals surface area contributed by atoms with Gasteiger partial charge in [-0.25, -0.2) is 4.79 Å². The van der Waals surface area contributed by atoms with Gasteiger partial charge in [-0.15, -0.1) is 0 Å². The van der Waals surface area contributed by atoms with Gasteiger partial charge in [0.15, 0.2) is 0 Å². The van der Waals surface area contributed by atoms with Crippen LogP contribution in [-0.2, 0) is 19.0 Å². The molecule has 0 saturated heterocycles. The van der Waals surface area contributed by atoms with Gasteiger partial charge in [0.05, 0.1) is 29.8 Å². The minimum Gasteiger partial charge on any atom is -0.498 e. The highest BCUT2D eigenvalue weighted by atomic mass is 16.6. The second-order valence-electron chi connectivity index (χ2n) is 11.9. The third-order valence-corrected chi connectivity index (χ3v) is 5.65. The van der Waals surface area contributed by atoms with Crippen LogP contribution in [0.15, 0.2) is 42.7 Å². The number of ether oxygens (including phenoxy) is 3. The molecular weight excluding hydrogens is 518 g/mol. The van der Waals surface area contributed by atoms with Crippen LogP contribution in [0.25, 0.3) is 0 Å². The molecule has 1 N–H and O–H groups in total. The first-order valence-electron chi connectivity index (χ1n) is 15.4. The minimum atomic E-state index is -0.736. The smallest absolute Gasteiger partial charge is 0.338 e. The summed E-state index contributed by atoms with van der Waals surface area (Å²) in [6, 6.07) is 8.80. The topological polar surface area (TPSA) is 85.3 Å². The van der Waals surface area contributed by atoms with Crippen LogP contribution in [0.3, 0.4) is 0 Å². The summed E-state index contributed by atoms with van der Waals surface area (Å²) in [5.41, 5.74) is -0.456. The Hall–Kier alpha value is -2.38. The van der Waals surface area contributed by atoms with Gasteiger partial charge in [0.25, 0.3) is 0 Å². The number of hydrogen-bond donors (Lipinski definition) is 1. The summed E-state index contributed by atoms with van der Waals surface area (Å²) in [5.74, 6) is 0.448. The Morgan fingerprint density at radius 1 is 0.878 bits per heavy atom. The highest BCUT2D eigenvalue weighted by molar-refractivity contribution is 5.89. The van der Waals surface area contributed by atoms with Crippen molar-refractivity contribution in [3.05, 3.63) is 48.2 Å². The van der Waals surface area contributed by atoms with Gasteiger partial charge in [-0.1, -0.05) is 87.1 Å². The Morgan fingerprint density at radius 2 is 1.44 bits per heavy atom. The van der Waals surface area contributed by atoms with E-state index in [1.165, 1.54) is 0 Å². The number of esters is 2. The lowest BCUT2D eigenvalue weighted by molar-refractivity contribution is -0.151. The molecule has 238 valence electrons. The lowest BCUT2D eigenvalue weighted by Gasteiger charge is -2.30. The first-order valence-corrected chi connectivity index (χ1v) is 15.4. The zero-order chi connectivity index (χ0) is 31.9. The average molecular weight is 580 g/mol. The minimum absolute atomic E-state index is 0.0391. The number of nitrogens with zero attached hydrogens (tertiary/aromatic N) is 1. The van der Waals surface area contributed by atoms with Gasteiger partial charge in [0.1, 0.15) is 13.2 Å². The average Bonchev–Trinajstić information content (AvgIpc) is 2.94. The molecule has 0 spiro atoms. The molecule has 0 aliphatic heterocycles. The summed E-state index contributed by atoms with van der Waals surface area (Å²) in [6.07, 6.45) is 2.69. The van der Waals surface area contributed by atoms with E-state index >= 15 is 0 Å². The van der Waals surface area contributed by atoms with Crippen LogP contribution in [0.4, 0.5) is 0 Å². The zero-order valence-corrected chi connectivity index (χ0v) is 27.9. The Labute approximate surface area is 251 Å². The van der Waals surface area contributed by atoms with Gasteiger partial charge in [0, 0.05) is 26.1 Å². The largest absolute Gasteiger partial charge is 0.498 e. The second-order valence-corrected chi connectivity index (χ2v) is 11.9. The summed E-state index contributed by atoms with van der Waals surface area (Å²) < 4.78 is 17.2. The molecule has 0 bridgehead atoms. The number of rotatable bonds is 18. The van der Waals surface area contributed by atoms with Crippen LogP contribution >= 0.6 is 0 Å². The predicted molar refractivity (Wildman–Crippen MR) is 170 cm³/mol. The normalized spacial score (nSPS) is 12.3. The summed E-state index contributed by atoms with van der Waals surface area (Å²) in [6.45, 7) is 27.5. The quantitative estimate of drug-likeness (QED) is 0.109. The molecule has 0 amide bonds. The number of aliphatic hydroxyl groups excluding tert-OH is 1. The standard InChI is InChI=1S/C30H49NO6.2C2H6/c1-24(2)20-31(16-11-12-18-32)17-15-25(3)35-21-30(7,22-36-27(33)19-29(4,5)6)23-37-28(34)26-13-9-8-10-14-26;2*1-2/h8-10,13-14,24,32H,3,11-12,15-23H2,1-2,4-7H3;2*1-2H3. The summed E-state index contributed by atoms with van der Waals surface area (Å²) in [5, 5.41) is 9.09. The molecule has 0 aliphatic carbocycles. The highest BCUT2D eigenvalue weighted by Crippen LogP contribution is 2.24. The lowest BCUT2D eigenvalue weighted by Crippen LogP contribution is -2.36. The lowest BCUT2D eigenvalue weighted by atomic mass is 9.92. The van der Waals surface area contributed by atoms with Crippen LogP contribution in [0.1, 0.15) is 105 Å². The van der Waals surface area contributed by atoms with E-state index in [0.717, 1.165) is 32.5 Å². The zero-order valence-electron chi connectivity index (χ0n) is 27.9. The Kier molecular flexibility index (Phi) is 23.1. The molecule has 1 rings (SSSR count). The van der Waals surface area contributed by atoms with Crippen molar-refractivity contribution in [2.75, 3.05) is 46.1 Å². The molecule has 0 radical (unpaired) electrons. The Balaban J connectivity index is 0. The maximum absolute atomic E-state index is 12.5. The number of hydrogen-bond acceptors (Lipinski definition) is 7. The third kappa shape index (κ3) is 22.0. The summed E-state index contributed by atoms with van der Waals surface area (Å²) >= 11 is 0. The fourth-order valence-electron chi connectivity index (χ4n) is 3.65. The first-order chi connectivity index (χ1) is 19.3. The van der Waals surface area contributed by atoms with Gasteiger partial charge >= 0.3 is 11.9 Å². The van der Waals surface area contributed by atoms with Crippen molar-refractivity contribution < 1.29 is 28.9 Å². The van der Waals surface area contributed by atoms with Crippen molar-refractivity contribution in [2.45, 2.75) is 94.9 Å². The van der Waals surface area contributed by atoms with Crippen molar-refractivity contribution in [3.8, 4) is 0 Å². The predicted octanol–water partition coefficient (Wildman–Crippen LogP) is 7.53. The van der Waals surface area contributed by atoms with Gasteiger partial charge in [-0.3, -0.25) is 4.79 Å². The number of aliphatic hydroxyl groups is 1. The van der Waals surface area contributed by atoms with E-state index in [0.29, 0.717) is 30.1 Å². The van der Waals surface area contributed by atoms with Crippen LogP contribution < -0.4 is 0 Å². The van der Waals surface area contributed by atoms with E-state index < -0.39 is 11.4 Å². The number of carbonyl (C=O) groups is 2. The first kappa shape index (κ1) is 40.8. The van der Waals surface area contributed by atoms with E-state index in [9.17, 15) is 9.59 Å². The molecule has 0 aromatic heterocycles. The molecule has 1 aromatic rings. The van der Waals surface area contributed by atoms with Crippen LogP contribution in [0.2, 0.25) is 0 Å². The van der Waals surface area contributed by atoms with E-state index in [4.69, 9.17) is 19.3 Å². The number of unbranched alkanes of at least 4 members (excludes halogenated alkanes) is 1. The maximum atomic E-state index is 12.5. The molecule has 1 unspecified atom stereocenters. The van der Waals surface area contributed by atoms with Crippen LogP contribution in [0.5, 0.6) is 0 Å². The third-order valence-electron chi connectivity index (χ3n) is 5.65. The molecule has 41 heavy (non-hydrogen) atoms. The fourth-order valence-corrected chi connectivity index (χ4v) is 3.65. The molecule has 0 heterocycles.